The van der Waals surface area contributed by atoms with Gasteiger partial charge in [-0.2, -0.15) is 26.3 Å². The Bertz CT molecular complexity index is 1400. The quantitative estimate of drug-likeness (QED) is 0.325. The van der Waals surface area contributed by atoms with Crippen LogP contribution in [0.4, 0.5) is 41.6 Å². The van der Waals surface area contributed by atoms with Crippen LogP contribution in [0.1, 0.15) is 58.9 Å². The predicted octanol–water partition coefficient (Wildman–Crippen LogP) is 6.09. The van der Waals surface area contributed by atoms with E-state index in [-0.39, 0.29) is 48.2 Å². The monoisotopic (exact) mass is 662 g/mol. The van der Waals surface area contributed by atoms with Crippen molar-refractivity contribution in [3.8, 4) is 5.75 Å². The van der Waals surface area contributed by atoms with Crippen LogP contribution in [-0.4, -0.2) is 81.9 Å². The summed E-state index contributed by atoms with van der Waals surface area (Å²) in [5.41, 5.74) is -3.18. The van der Waals surface area contributed by atoms with Crippen molar-refractivity contribution in [2.45, 2.75) is 51.2 Å². The van der Waals surface area contributed by atoms with Crippen LogP contribution >= 0.6 is 0 Å². The van der Waals surface area contributed by atoms with Crippen LogP contribution in [0.5, 0.6) is 5.75 Å². The molecule has 46 heavy (non-hydrogen) atoms. The number of halogens is 6. The van der Waals surface area contributed by atoms with E-state index in [1.165, 1.54) is 24.1 Å². The molecule has 3 amide bonds. The number of hydrogen-bond acceptors (Lipinski definition) is 7. The molecule has 0 saturated carbocycles. The molecular weight excluding hydrogens is 626 g/mol. The van der Waals surface area contributed by atoms with Gasteiger partial charge in [0, 0.05) is 31.7 Å². The van der Waals surface area contributed by atoms with Gasteiger partial charge in [0.2, 0.25) is 0 Å². The summed E-state index contributed by atoms with van der Waals surface area (Å²) in [6.07, 6.45) is -12.1. The summed E-state index contributed by atoms with van der Waals surface area (Å²) in [7, 11) is 5.94. The second-order valence-electron chi connectivity index (χ2n) is 10.9. The first-order chi connectivity index (χ1) is 21.4. The van der Waals surface area contributed by atoms with Gasteiger partial charge in [0.1, 0.15) is 5.75 Å². The van der Waals surface area contributed by atoms with Crippen molar-refractivity contribution >= 4 is 23.8 Å². The van der Waals surface area contributed by atoms with Gasteiger partial charge in [-0.1, -0.05) is 0 Å². The third-order valence-corrected chi connectivity index (χ3v) is 7.31. The number of methoxy groups -OCH3 is 2. The summed E-state index contributed by atoms with van der Waals surface area (Å²) >= 11 is 0. The highest BCUT2D eigenvalue weighted by Gasteiger charge is 2.42. The number of nitrogens with zero attached hydrogens (tertiary/aromatic N) is 3. The van der Waals surface area contributed by atoms with Crippen molar-refractivity contribution in [3.05, 3.63) is 58.1 Å². The first-order valence-electron chi connectivity index (χ1n) is 14.2. The van der Waals surface area contributed by atoms with Gasteiger partial charge in [0.25, 0.3) is 5.91 Å². The zero-order valence-electron chi connectivity index (χ0n) is 26.1. The summed E-state index contributed by atoms with van der Waals surface area (Å²) in [5.74, 6) is -0.487. The molecule has 2 aromatic rings. The molecule has 254 valence electrons. The second kappa shape index (κ2) is 14.5. The van der Waals surface area contributed by atoms with Crippen LogP contribution in [0.15, 0.2) is 30.3 Å². The number of hydrogen-bond donors (Lipinski definition) is 1. The number of likely N-dealkylation sites (N-methyl/N-ethyl adjacent to an activating group) is 1. The van der Waals surface area contributed by atoms with Crippen LogP contribution < -0.4 is 15.0 Å². The lowest BCUT2D eigenvalue weighted by Gasteiger charge is -2.42. The largest absolute Gasteiger partial charge is 0.496 e. The molecule has 1 aliphatic rings. The first-order valence-corrected chi connectivity index (χ1v) is 14.2. The zero-order valence-corrected chi connectivity index (χ0v) is 26.1. The maximum absolute atomic E-state index is 13.6. The Morgan fingerprint density at radius 2 is 1.59 bits per heavy atom. The average molecular weight is 663 g/mol. The van der Waals surface area contributed by atoms with Gasteiger partial charge in [-0.05, 0) is 69.8 Å². The highest BCUT2D eigenvalue weighted by Crippen LogP contribution is 2.45. The summed E-state index contributed by atoms with van der Waals surface area (Å²) in [6.45, 7) is 3.28. The molecule has 0 aromatic heterocycles. The van der Waals surface area contributed by atoms with E-state index in [1.54, 1.807) is 13.8 Å². The Morgan fingerprint density at radius 1 is 0.978 bits per heavy atom. The van der Waals surface area contributed by atoms with Crippen LogP contribution in [0.2, 0.25) is 0 Å². The Labute approximate surface area is 262 Å². The van der Waals surface area contributed by atoms with E-state index in [2.05, 4.69) is 5.32 Å². The highest BCUT2D eigenvalue weighted by atomic mass is 19.4. The van der Waals surface area contributed by atoms with Gasteiger partial charge in [-0.15, -0.1) is 0 Å². The lowest BCUT2D eigenvalue weighted by Crippen LogP contribution is -2.48. The Morgan fingerprint density at radius 3 is 2.09 bits per heavy atom. The van der Waals surface area contributed by atoms with Crippen LogP contribution in [-0.2, 0) is 28.4 Å². The molecule has 3 rings (SSSR count). The van der Waals surface area contributed by atoms with Crippen molar-refractivity contribution in [1.82, 2.24) is 15.1 Å². The van der Waals surface area contributed by atoms with Gasteiger partial charge in [-0.3, -0.25) is 14.6 Å². The molecule has 2 aromatic carbocycles. The van der Waals surface area contributed by atoms with Crippen LogP contribution in [0.25, 0.3) is 0 Å². The smallest absolute Gasteiger partial charge is 0.416 e. The van der Waals surface area contributed by atoms with Crippen molar-refractivity contribution in [2.24, 2.45) is 0 Å². The number of rotatable bonds is 9. The van der Waals surface area contributed by atoms with E-state index in [4.69, 9.17) is 14.2 Å². The van der Waals surface area contributed by atoms with Gasteiger partial charge in [0.05, 0.1) is 49.2 Å². The number of nitrogens with one attached hydrogen (secondary N) is 1. The molecule has 0 radical (unpaired) electrons. The number of amides is 3. The highest BCUT2D eigenvalue weighted by molar-refractivity contribution is 5.99. The third kappa shape index (κ3) is 8.33. The van der Waals surface area contributed by atoms with E-state index in [9.17, 15) is 40.7 Å². The fourth-order valence-corrected chi connectivity index (χ4v) is 5.18. The van der Waals surface area contributed by atoms with E-state index in [1.807, 2.05) is 19.0 Å². The summed E-state index contributed by atoms with van der Waals surface area (Å²) < 4.78 is 97.4. The molecule has 1 N–H and O–H groups in total. The average Bonchev–Trinajstić information content (AvgIpc) is 2.97. The van der Waals surface area contributed by atoms with Crippen molar-refractivity contribution in [3.63, 3.8) is 0 Å². The number of alkyl halides is 6. The molecule has 1 aliphatic heterocycles. The lowest BCUT2D eigenvalue weighted by atomic mass is 9.88. The maximum atomic E-state index is 13.6. The predicted molar refractivity (Wildman–Crippen MR) is 155 cm³/mol. The topological polar surface area (TPSA) is 101 Å². The molecule has 16 heteroatoms. The summed E-state index contributed by atoms with van der Waals surface area (Å²) in [6, 6.07) is 2.06. The molecule has 0 unspecified atom stereocenters. The number of ether oxygens (including phenoxy) is 3. The van der Waals surface area contributed by atoms with E-state index in [0.717, 1.165) is 12.0 Å². The fourth-order valence-electron chi connectivity index (χ4n) is 5.18. The minimum absolute atomic E-state index is 0.00531. The number of carbonyl (C=O) groups excluding carboxylic acids is 3. The van der Waals surface area contributed by atoms with Gasteiger partial charge >= 0.3 is 24.5 Å². The molecule has 1 heterocycles. The minimum Gasteiger partial charge on any atom is -0.496 e. The third-order valence-electron chi connectivity index (χ3n) is 7.31. The SMILES string of the molecule is CCOC(=O)N1c2cc(OC)c(C(=O)NCCN(C)C)cc2[C@@H](N(Cc2cc(C(F)(F)F)cc(C(F)(F)F)c2)C(=O)OC)C[C@H]1C. The Hall–Kier alpha value is -4.21. The summed E-state index contributed by atoms with van der Waals surface area (Å²) in [4.78, 5) is 43.6. The molecule has 10 nitrogen and oxygen atoms in total. The summed E-state index contributed by atoms with van der Waals surface area (Å²) in [5, 5.41) is 2.75. The Balaban J connectivity index is 2.23. The second-order valence-corrected chi connectivity index (χ2v) is 10.9. The van der Waals surface area contributed by atoms with Gasteiger partial charge < -0.3 is 24.4 Å². The van der Waals surface area contributed by atoms with Crippen molar-refractivity contribution in [2.75, 3.05) is 52.9 Å². The fraction of sp³-hybridized carbons (Fsp3) is 0.500. The van der Waals surface area contributed by atoms with Gasteiger partial charge in [0.15, 0.2) is 0 Å². The normalized spacial score (nSPS) is 16.5. The maximum Gasteiger partial charge on any atom is 0.416 e. The Kier molecular flexibility index (Phi) is 11.4. The standard InChI is InChI=1S/C30H36F6N4O6/c1-7-46-28(43)40-17(2)10-23(21-14-22(25(44-5)15-24(21)40)26(41)37-8-9-38(3)4)39(27(42)45-6)16-18-11-19(29(31,32)33)13-20(12-18)30(34,35)36/h11-15,17,23H,7-10,16H2,1-6H3,(H,37,41)/t17-,23+/m1/s1. The number of benzene rings is 2. The van der Waals surface area contributed by atoms with E-state index < -0.39 is 65.8 Å². The molecule has 0 fully saturated rings. The number of anilines is 1. The molecule has 0 bridgehead atoms. The van der Waals surface area contributed by atoms with Gasteiger partial charge in [-0.25, -0.2) is 9.59 Å². The van der Waals surface area contributed by atoms with E-state index >= 15 is 0 Å². The zero-order chi connectivity index (χ0) is 34.6. The number of fused-ring (bicyclic) bond motifs is 1. The molecule has 0 aliphatic carbocycles. The molecule has 0 saturated heterocycles. The number of carbonyl (C=O) groups is 3. The first kappa shape index (κ1) is 36.3. The molecular formula is C30H36F6N4O6. The molecule has 2 atom stereocenters. The minimum atomic E-state index is -5.11. The lowest BCUT2D eigenvalue weighted by molar-refractivity contribution is -0.143. The van der Waals surface area contributed by atoms with Crippen molar-refractivity contribution < 1.29 is 54.9 Å². The van der Waals surface area contributed by atoms with E-state index in [0.29, 0.717) is 18.7 Å². The molecule has 0 spiro atoms. The van der Waals surface area contributed by atoms with Crippen LogP contribution in [0, 0.1) is 0 Å². The van der Waals surface area contributed by atoms with Crippen LogP contribution in [0.3, 0.4) is 0 Å². The van der Waals surface area contributed by atoms with Crippen molar-refractivity contribution in [1.29, 1.82) is 0 Å².